The molecular weight excluding hydrogens is 432 g/mol. The molecule has 0 heterocycles. The molecule has 0 atom stereocenters. The lowest BCUT2D eigenvalue weighted by Crippen LogP contribution is -2.42. The molecule has 0 saturated carbocycles. The van der Waals surface area contributed by atoms with Gasteiger partial charge in [0.25, 0.3) is 0 Å². The molecule has 0 fully saturated rings. The molecule has 0 aliphatic rings. The third kappa shape index (κ3) is 12.5. The number of hydrogen-bond acceptors (Lipinski definition) is 6. The zero-order valence-electron chi connectivity index (χ0n) is 20.6. The maximum atomic E-state index is 12.8. The normalized spacial score (nSPS) is 11.3. The number of esters is 1. The summed E-state index contributed by atoms with van der Waals surface area (Å²) in [6, 6.07) is 19.8. The van der Waals surface area contributed by atoms with Crippen molar-refractivity contribution in [1.82, 2.24) is 10.2 Å². The van der Waals surface area contributed by atoms with Crippen molar-refractivity contribution in [3.8, 4) is 0 Å². The van der Waals surface area contributed by atoms with Gasteiger partial charge in [0, 0.05) is 19.6 Å². The standard InChI is InChI=1S/C27H38N2O5/c1-27(2,3)34-26(31)14-16-29(17-19-33-22-24-12-8-5-9-13-24)25(30)20-28-15-18-32-21-23-10-6-4-7-11-23/h4-13,28H,14-22H2,1-3H3. The van der Waals surface area contributed by atoms with E-state index in [0.717, 1.165) is 11.1 Å². The lowest BCUT2D eigenvalue weighted by Gasteiger charge is -2.24. The molecule has 0 aliphatic heterocycles. The van der Waals surface area contributed by atoms with Crippen molar-refractivity contribution in [1.29, 1.82) is 0 Å². The number of carbonyl (C=O) groups excluding carboxylic acids is 2. The first kappa shape index (κ1) is 27.5. The molecule has 1 amide bonds. The number of ether oxygens (including phenoxy) is 3. The maximum absolute atomic E-state index is 12.8. The van der Waals surface area contributed by atoms with E-state index in [1.54, 1.807) is 4.90 Å². The number of hydrogen-bond donors (Lipinski definition) is 1. The molecule has 0 bridgehead atoms. The first-order valence-electron chi connectivity index (χ1n) is 11.8. The number of amides is 1. The van der Waals surface area contributed by atoms with Gasteiger partial charge in [-0.15, -0.1) is 0 Å². The highest BCUT2D eigenvalue weighted by molar-refractivity contribution is 5.79. The molecule has 7 nitrogen and oxygen atoms in total. The molecule has 0 radical (unpaired) electrons. The van der Waals surface area contributed by atoms with E-state index in [0.29, 0.717) is 39.5 Å². The van der Waals surface area contributed by atoms with Gasteiger partial charge in [0.1, 0.15) is 5.60 Å². The molecule has 2 aromatic carbocycles. The monoisotopic (exact) mass is 470 g/mol. The summed E-state index contributed by atoms with van der Waals surface area (Å²) in [7, 11) is 0. The van der Waals surface area contributed by atoms with E-state index in [1.807, 2.05) is 81.4 Å². The third-order valence-electron chi connectivity index (χ3n) is 4.79. The van der Waals surface area contributed by atoms with Crippen LogP contribution in [0, 0.1) is 0 Å². The van der Waals surface area contributed by atoms with E-state index in [-0.39, 0.29) is 31.4 Å². The van der Waals surface area contributed by atoms with Crippen LogP contribution in [0.1, 0.15) is 38.3 Å². The smallest absolute Gasteiger partial charge is 0.308 e. The van der Waals surface area contributed by atoms with Gasteiger partial charge in [-0.3, -0.25) is 9.59 Å². The highest BCUT2D eigenvalue weighted by Gasteiger charge is 2.19. The number of carbonyl (C=O) groups is 2. The summed E-state index contributed by atoms with van der Waals surface area (Å²) in [6.45, 7) is 8.80. The number of nitrogens with one attached hydrogen (secondary N) is 1. The average Bonchev–Trinajstić information content (AvgIpc) is 2.81. The van der Waals surface area contributed by atoms with E-state index in [2.05, 4.69) is 5.32 Å². The second kappa shape index (κ2) is 15.2. The Labute approximate surface area is 203 Å². The summed E-state index contributed by atoms with van der Waals surface area (Å²) in [6.07, 6.45) is 0.141. The summed E-state index contributed by atoms with van der Waals surface area (Å²) in [5, 5.41) is 3.12. The minimum atomic E-state index is -0.550. The largest absolute Gasteiger partial charge is 0.460 e. The summed E-state index contributed by atoms with van der Waals surface area (Å²) in [5.74, 6) is -0.410. The van der Waals surface area contributed by atoms with Crippen LogP contribution in [0.15, 0.2) is 60.7 Å². The molecule has 2 aromatic rings. The summed E-state index contributed by atoms with van der Waals surface area (Å²) >= 11 is 0. The minimum absolute atomic E-state index is 0.0880. The van der Waals surface area contributed by atoms with Crippen molar-refractivity contribution < 1.29 is 23.8 Å². The summed E-state index contributed by atoms with van der Waals surface area (Å²) in [4.78, 5) is 26.5. The molecule has 0 aliphatic carbocycles. The summed E-state index contributed by atoms with van der Waals surface area (Å²) in [5.41, 5.74) is 1.64. The molecule has 186 valence electrons. The zero-order valence-corrected chi connectivity index (χ0v) is 20.6. The van der Waals surface area contributed by atoms with Gasteiger partial charge in [0.15, 0.2) is 0 Å². The van der Waals surface area contributed by atoms with Gasteiger partial charge in [-0.1, -0.05) is 60.7 Å². The molecule has 0 saturated heterocycles. The van der Waals surface area contributed by atoms with Gasteiger partial charge in [-0.25, -0.2) is 0 Å². The highest BCUT2D eigenvalue weighted by atomic mass is 16.6. The molecule has 0 spiro atoms. The number of rotatable bonds is 15. The molecular formula is C27H38N2O5. The lowest BCUT2D eigenvalue weighted by atomic mass is 10.2. The topological polar surface area (TPSA) is 77.1 Å². The van der Waals surface area contributed by atoms with Crippen LogP contribution in [-0.4, -0.2) is 61.8 Å². The van der Waals surface area contributed by atoms with Crippen LogP contribution < -0.4 is 5.32 Å². The van der Waals surface area contributed by atoms with E-state index in [4.69, 9.17) is 14.2 Å². The Bertz CT molecular complexity index is 837. The van der Waals surface area contributed by atoms with Crippen LogP contribution in [0.3, 0.4) is 0 Å². The average molecular weight is 471 g/mol. The van der Waals surface area contributed by atoms with Crippen LogP contribution in [0.2, 0.25) is 0 Å². The molecule has 34 heavy (non-hydrogen) atoms. The predicted molar refractivity (Wildman–Crippen MR) is 132 cm³/mol. The first-order chi connectivity index (χ1) is 16.3. The molecule has 7 heteroatoms. The Morgan fingerprint density at radius 3 is 1.94 bits per heavy atom. The highest BCUT2D eigenvalue weighted by Crippen LogP contribution is 2.09. The van der Waals surface area contributed by atoms with Crippen molar-refractivity contribution in [3.63, 3.8) is 0 Å². The first-order valence-corrected chi connectivity index (χ1v) is 11.8. The minimum Gasteiger partial charge on any atom is -0.460 e. The predicted octanol–water partition coefficient (Wildman–Crippen LogP) is 3.57. The van der Waals surface area contributed by atoms with Gasteiger partial charge in [-0.05, 0) is 31.9 Å². The quantitative estimate of drug-likeness (QED) is 0.317. The molecule has 2 rings (SSSR count). The van der Waals surface area contributed by atoms with Crippen LogP contribution in [0.4, 0.5) is 0 Å². The van der Waals surface area contributed by atoms with E-state index in [1.165, 1.54) is 0 Å². The van der Waals surface area contributed by atoms with Crippen molar-refractivity contribution >= 4 is 11.9 Å². The van der Waals surface area contributed by atoms with Crippen LogP contribution in [0.25, 0.3) is 0 Å². The molecule has 0 unspecified atom stereocenters. The Balaban J connectivity index is 1.73. The number of nitrogens with zero attached hydrogens (tertiary/aromatic N) is 1. The Kier molecular flexibility index (Phi) is 12.3. The number of benzene rings is 2. The van der Waals surface area contributed by atoms with Gasteiger partial charge in [0.2, 0.25) is 5.91 Å². The van der Waals surface area contributed by atoms with Crippen LogP contribution in [-0.2, 0) is 37.0 Å². The SMILES string of the molecule is CC(C)(C)OC(=O)CCN(CCOCc1ccccc1)C(=O)CNCCOCc1ccccc1. The van der Waals surface area contributed by atoms with Crippen molar-refractivity contribution in [2.75, 3.05) is 39.4 Å². The van der Waals surface area contributed by atoms with E-state index in [9.17, 15) is 9.59 Å². The van der Waals surface area contributed by atoms with Crippen molar-refractivity contribution in [3.05, 3.63) is 71.8 Å². The van der Waals surface area contributed by atoms with Crippen molar-refractivity contribution in [2.45, 2.75) is 46.0 Å². The third-order valence-corrected chi connectivity index (χ3v) is 4.79. The fourth-order valence-electron chi connectivity index (χ4n) is 3.13. The van der Waals surface area contributed by atoms with Crippen LogP contribution in [0.5, 0.6) is 0 Å². The Morgan fingerprint density at radius 1 is 0.824 bits per heavy atom. The fourth-order valence-corrected chi connectivity index (χ4v) is 3.13. The van der Waals surface area contributed by atoms with Gasteiger partial charge in [0.05, 0.1) is 39.4 Å². The molecule has 0 aromatic heterocycles. The lowest BCUT2D eigenvalue weighted by molar-refractivity contribution is -0.155. The second-order valence-electron chi connectivity index (χ2n) is 8.97. The molecule has 1 N–H and O–H groups in total. The second-order valence-corrected chi connectivity index (χ2v) is 8.97. The van der Waals surface area contributed by atoms with Gasteiger partial charge >= 0.3 is 5.97 Å². The van der Waals surface area contributed by atoms with Gasteiger partial charge in [-0.2, -0.15) is 0 Å². The van der Waals surface area contributed by atoms with E-state index < -0.39 is 5.60 Å². The zero-order chi connectivity index (χ0) is 24.7. The van der Waals surface area contributed by atoms with Gasteiger partial charge < -0.3 is 24.4 Å². The maximum Gasteiger partial charge on any atom is 0.308 e. The summed E-state index contributed by atoms with van der Waals surface area (Å²) < 4.78 is 16.8. The fraction of sp³-hybridized carbons (Fsp3) is 0.481. The van der Waals surface area contributed by atoms with Crippen LogP contribution >= 0.6 is 0 Å². The van der Waals surface area contributed by atoms with Crippen molar-refractivity contribution in [2.24, 2.45) is 0 Å². The Hall–Kier alpha value is -2.74. The Morgan fingerprint density at radius 2 is 1.38 bits per heavy atom. The van der Waals surface area contributed by atoms with E-state index >= 15 is 0 Å².